The minimum Gasteiger partial charge on any atom is -0.506 e. The van der Waals surface area contributed by atoms with Crippen molar-refractivity contribution in [3.8, 4) is 5.75 Å². The molecule has 6 nitrogen and oxygen atoms in total. The second kappa shape index (κ2) is 6.37. The molecule has 1 aliphatic heterocycles. The summed E-state index contributed by atoms with van der Waals surface area (Å²) in [6.07, 6.45) is 0. The number of carbonyl (C=O) groups excluding carboxylic acids is 2. The molecule has 26 heavy (non-hydrogen) atoms. The van der Waals surface area contributed by atoms with Crippen LogP contribution >= 0.6 is 0 Å². The largest absolute Gasteiger partial charge is 0.506 e. The average molecular weight is 355 g/mol. The maximum absolute atomic E-state index is 12.8. The number of carbonyl (C=O) groups is 2. The second-order valence-corrected chi connectivity index (χ2v) is 6.80. The van der Waals surface area contributed by atoms with Crippen molar-refractivity contribution in [3.63, 3.8) is 0 Å². The summed E-state index contributed by atoms with van der Waals surface area (Å²) in [6.45, 7) is 6.97. The lowest BCUT2D eigenvalue weighted by atomic mass is 9.94. The molecule has 3 rings (SSSR count). The number of amides is 1. The van der Waals surface area contributed by atoms with Crippen LogP contribution in [0, 0.1) is 19.8 Å². The number of ketones is 1. The van der Waals surface area contributed by atoms with Crippen LogP contribution in [0.25, 0.3) is 0 Å². The number of rotatable bonds is 4. The molecule has 0 saturated heterocycles. The molecule has 136 valence electrons. The number of phenols is 1. The smallest absolute Gasteiger partial charge is 0.294 e. The van der Waals surface area contributed by atoms with E-state index in [4.69, 9.17) is 4.42 Å². The molecule has 1 aromatic heterocycles. The second-order valence-electron chi connectivity index (χ2n) is 6.80. The van der Waals surface area contributed by atoms with E-state index in [1.54, 1.807) is 45.0 Å². The van der Waals surface area contributed by atoms with Crippen LogP contribution in [0.4, 0.5) is 5.69 Å². The lowest BCUT2D eigenvalue weighted by Gasteiger charge is -2.26. The predicted molar refractivity (Wildman–Crippen MR) is 96.0 cm³/mol. The third kappa shape index (κ3) is 2.77. The van der Waals surface area contributed by atoms with Gasteiger partial charge in [0.1, 0.15) is 23.3 Å². The lowest BCUT2D eigenvalue weighted by molar-refractivity contribution is -0.119. The van der Waals surface area contributed by atoms with Gasteiger partial charge in [0.2, 0.25) is 0 Å². The predicted octanol–water partition coefficient (Wildman–Crippen LogP) is 3.73. The highest BCUT2D eigenvalue weighted by molar-refractivity contribution is 6.17. The molecule has 1 atom stereocenters. The molecule has 0 spiro atoms. The van der Waals surface area contributed by atoms with Gasteiger partial charge in [0.25, 0.3) is 5.91 Å². The highest BCUT2D eigenvalue weighted by Crippen LogP contribution is 2.45. The van der Waals surface area contributed by atoms with Gasteiger partial charge in [-0.3, -0.25) is 14.5 Å². The molecular weight excluding hydrogens is 334 g/mol. The number of phenolic OH excluding ortho intramolecular Hbond substituents is 1. The number of aromatic hydroxyl groups is 1. The molecule has 2 heterocycles. The summed E-state index contributed by atoms with van der Waals surface area (Å²) in [5.74, 6) is -1.26. The summed E-state index contributed by atoms with van der Waals surface area (Å²) >= 11 is 0. The van der Waals surface area contributed by atoms with Crippen LogP contribution in [0.2, 0.25) is 0 Å². The van der Waals surface area contributed by atoms with E-state index in [2.05, 4.69) is 0 Å². The van der Waals surface area contributed by atoms with E-state index in [0.717, 1.165) is 5.56 Å². The van der Waals surface area contributed by atoms with Crippen LogP contribution in [0.3, 0.4) is 0 Å². The summed E-state index contributed by atoms with van der Waals surface area (Å²) in [5.41, 5.74) is 1.02. The molecule has 0 radical (unpaired) electrons. The van der Waals surface area contributed by atoms with Crippen molar-refractivity contribution in [1.29, 1.82) is 0 Å². The molecule has 0 aliphatic carbocycles. The number of hydrogen-bond donors (Lipinski definition) is 2. The monoisotopic (exact) mass is 355 g/mol. The number of furan rings is 1. The number of anilines is 1. The molecular formula is C20H21NO5. The molecule has 2 aromatic rings. The molecule has 0 fully saturated rings. The first kappa shape index (κ1) is 17.8. The Morgan fingerprint density at radius 3 is 2.42 bits per heavy atom. The fourth-order valence-corrected chi connectivity index (χ4v) is 3.11. The van der Waals surface area contributed by atoms with Gasteiger partial charge < -0.3 is 14.6 Å². The fraction of sp³-hybridized carbons (Fsp3) is 0.300. The van der Waals surface area contributed by atoms with Crippen molar-refractivity contribution in [3.05, 3.63) is 58.7 Å². The van der Waals surface area contributed by atoms with Crippen LogP contribution < -0.4 is 4.90 Å². The third-order valence-electron chi connectivity index (χ3n) is 4.42. The average Bonchev–Trinajstić information content (AvgIpc) is 3.11. The summed E-state index contributed by atoms with van der Waals surface area (Å²) in [5, 5.41) is 20.7. The number of Topliss-reactive ketones (excluding diaryl/α,β-unsaturated/α-hetero) is 1. The Hall–Kier alpha value is -3.02. The van der Waals surface area contributed by atoms with E-state index < -0.39 is 23.6 Å². The molecule has 1 aliphatic rings. The molecule has 1 aromatic carbocycles. The van der Waals surface area contributed by atoms with E-state index in [9.17, 15) is 19.8 Å². The van der Waals surface area contributed by atoms with Crippen LogP contribution in [-0.2, 0) is 9.59 Å². The zero-order valence-corrected chi connectivity index (χ0v) is 15.1. The van der Waals surface area contributed by atoms with Crippen molar-refractivity contribution in [2.24, 2.45) is 5.92 Å². The Morgan fingerprint density at radius 2 is 1.85 bits per heavy atom. The number of nitrogens with zero attached hydrogens (tertiary/aromatic N) is 1. The number of hydrogen-bond acceptors (Lipinski definition) is 5. The SMILES string of the molecule is Cc1ccc(O)c(N2C(=O)C(O)=C(C(=O)C(C)C)C2c2ccc(C)o2)c1. The minimum absolute atomic E-state index is 0.0137. The van der Waals surface area contributed by atoms with Crippen molar-refractivity contribution in [2.75, 3.05) is 4.90 Å². The fourth-order valence-electron chi connectivity index (χ4n) is 3.11. The first-order valence-electron chi connectivity index (χ1n) is 8.39. The standard InChI is InChI=1S/C20H21NO5/c1-10(2)18(23)16-17(15-8-6-12(4)26-15)21(20(25)19(16)24)13-9-11(3)5-7-14(13)22/h5-10,17,22,24H,1-4H3. The number of aliphatic hydroxyl groups excluding tert-OH is 1. The van der Waals surface area contributed by atoms with Crippen molar-refractivity contribution in [1.82, 2.24) is 0 Å². The van der Waals surface area contributed by atoms with E-state index in [1.165, 1.54) is 11.0 Å². The Bertz CT molecular complexity index is 922. The highest BCUT2D eigenvalue weighted by Gasteiger charge is 2.47. The molecule has 2 N–H and O–H groups in total. The maximum Gasteiger partial charge on any atom is 0.294 e. The van der Waals surface area contributed by atoms with Gasteiger partial charge in [-0.2, -0.15) is 0 Å². The highest BCUT2D eigenvalue weighted by atomic mass is 16.3. The first-order chi connectivity index (χ1) is 12.2. The zero-order chi connectivity index (χ0) is 19.2. The van der Waals surface area contributed by atoms with Gasteiger partial charge in [0, 0.05) is 5.92 Å². The Labute approximate surface area is 151 Å². The van der Waals surface area contributed by atoms with Crippen molar-refractivity contribution < 1.29 is 24.2 Å². The van der Waals surface area contributed by atoms with E-state index in [0.29, 0.717) is 11.5 Å². The topological polar surface area (TPSA) is 91.0 Å². The van der Waals surface area contributed by atoms with Crippen LogP contribution in [-0.4, -0.2) is 21.9 Å². The lowest BCUT2D eigenvalue weighted by Crippen LogP contribution is -2.31. The summed E-state index contributed by atoms with van der Waals surface area (Å²) in [4.78, 5) is 26.7. The number of benzene rings is 1. The Balaban J connectivity index is 2.23. The van der Waals surface area contributed by atoms with Gasteiger partial charge in [-0.1, -0.05) is 19.9 Å². The number of aliphatic hydroxyl groups is 1. The normalized spacial score (nSPS) is 17.5. The summed E-state index contributed by atoms with van der Waals surface area (Å²) in [7, 11) is 0. The van der Waals surface area contributed by atoms with Gasteiger partial charge in [0.15, 0.2) is 11.5 Å². The Kier molecular flexibility index (Phi) is 4.36. The van der Waals surface area contributed by atoms with Gasteiger partial charge in [-0.25, -0.2) is 0 Å². The van der Waals surface area contributed by atoms with Crippen molar-refractivity contribution in [2.45, 2.75) is 33.7 Å². The van der Waals surface area contributed by atoms with Gasteiger partial charge in [0.05, 0.1) is 11.3 Å². The zero-order valence-electron chi connectivity index (χ0n) is 15.1. The molecule has 0 bridgehead atoms. The van der Waals surface area contributed by atoms with Gasteiger partial charge >= 0.3 is 0 Å². The van der Waals surface area contributed by atoms with Crippen LogP contribution in [0.15, 0.2) is 46.1 Å². The third-order valence-corrected chi connectivity index (χ3v) is 4.42. The molecule has 6 heteroatoms. The van der Waals surface area contributed by atoms with E-state index in [1.807, 2.05) is 6.92 Å². The number of aryl methyl sites for hydroxylation is 2. The molecule has 0 saturated carbocycles. The minimum atomic E-state index is -0.932. The van der Waals surface area contributed by atoms with E-state index in [-0.39, 0.29) is 22.8 Å². The quantitative estimate of drug-likeness (QED) is 0.872. The Morgan fingerprint density at radius 1 is 1.15 bits per heavy atom. The molecule has 1 unspecified atom stereocenters. The molecule has 1 amide bonds. The first-order valence-corrected chi connectivity index (χ1v) is 8.39. The maximum atomic E-state index is 12.8. The summed E-state index contributed by atoms with van der Waals surface area (Å²) in [6, 6.07) is 7.27. The van der Waals surface area contributed by atoms with Crippen LogP contribution in [0.1, 0.15) is 37.0 Å². The summed E-state index contributed by atoms with van der Waals surface area (Å²) < 4.78 is 5.67. The van der Waals surface area contributed by atoms with E-state index >= 15 is 0 Å². The van der Waals surface area contributed by atoms with Gasteiger partial charge in [-0.05, 0) is 43.7 Å². The van der Waals surface area contributed by atoms with Crippen molar-refractivity contribution >= 4 is 17.4 Å². The van der Waals surface area contributed by atoms with Crippen LogP contribution in [0.5, 0.6) is 5.75 Å². The van der Waals surface area contributed by atoms with Gasteiger partial charge in [-0.15, -0.1) is 0 Å².